The van der Waals surface area contributed by atoms with E-state index in [-0.39, 0.29) is 12.3 Å². The molecule has 0 bridgehead atoms. The number of benzene rings is 2. The van der Waals surface area contributed by atoms with Crippen LogP contribution >= 0.6 is 23.1 Å². The van der Waals surface area contributed by atoms with E-state index in [2.05, 4.69) is 15.3 Å². The van der Waals surface area contributed by atoms with Crippen LogP contribution in [0.25, 0.3) is 16.6 Å². The average Bonchev–Trinajstić information content (AvgIpc) is 3.31. The number of thioether (sulfide) groups is 1. The third-order valence-corrected chi connectivity index (χ3v) is 5.81. The number of aromatic nitrogens is 1. The number of thiazole rings is 1. The van der Waals surface area contributed by atoms with Crippen molar-refractivity contribution in [3.05, 3.63) is 76.1 Å². The molecule has 2 heterocycles. The van der Waals surface area contributed by atoms with Crippen molar-refractivity contribution in [1.29, 1.82) is 0 Å². The first-order chi connectivity index (χ1) is 14.1. The zero-order valence-corrected chi connectivity index (χ0v) is 16.7. The van der Waals surface area contributed by atoms with E-state index in [1.165, 1.54) is 23.1 Å². The van der Waals surface area contributed by atoms with Gasteiger partial charge in [0.25, 0.3) is 5.91 Å². The van der Waals surface area contributed by atoms with Gasteiger partial charge in [-0.1, -0.05) is 42.5 Å². The molecular weight excluding hydrogens is 406 g/mol. The van der Waals surface area contributed by atoms with E-state index >= 15 is 0 Å². The third kappa shape index (κ3) is 4.79. The summed E-state index contributed by atoms with van der Waals surface area (Å²) in [6, 6.07) is 16.8. The highest BCUT2D eigenvalue weighted by molar-refractivity contribution is 8.18. The Morgan fingerprint density at radius 3 is 2.62 bits per heavy atom. The fourth-order valence-corrected chi connectivity index (χ4v) is 4.27. The first-order valence-corrected chi connectivity index (χ1v) is 10.4. The van der Waals surface area contributed by atoms with Crippen molar-refractivity contribution in [2.24, 2.45) is 4.99 Å². The van der Waals surface area contributed by atoms with Gasteiger partial charge in [-0.05, 0) is 35.5 Å². The van der Waals surface area contributed by atoms with Gasteiger partial charge in [-0.15, -0.1) is 11.3 Å². The lowest BCUT2D eigenvalue weighted by Gasteiger charge is -1.99. The normalized spacial score (nSPS) is 16.3. The molecule has 0 radical (unpaired) electrons. The number of nitrogens with zero attached hydrogens (tertiary/aromatic N) is 2. The molecule has 0 aliphatic carbocycles. The van der Waals surface area contributed by atoms with Crippen LogP contribution in [0.5, 0.6) is 0 Å². The van der Waals surface area contributed by atoms with Gasteiger partial charge in [0, 0.05) is 10.9 Å². The molecule has 1 aliphatic rings. The van der Waals surface area contributed by atoms with Crippen molar-refractivity contribution in [3.8, 4) is 10.6 Å². The molecule has 1 aliphatic heterocycles. The predicted molar refractivity (Wildman–Crippen MR) is 116 cm³/mol. The van der Waals surface area contributed by atoms with E-state index < -0.39 is 5.97 Å². The van der Waals surface area contributed by atoms with Gasteiger partial charge in [0.1, 0.15) is 5.01 Å². The molecule has 3 aromatic rings. The number of carbonyl (C=O) groups excluding carboxylic acids is 1. The van der Waals surface area contributed by atoms with Gasteiger partial charge in [-0.3, -0.25) is 9.59 Å². The molecule has 29 heavy (non-hydrogen) atoms. The van der Waals surface area contributed by atoms with Crippen molar-refractivity contribution < 1.29 is 14.7 Å². The van der Waals surface area contributed by atoms with Crippen LogP contribution in [0, 0.1) is 0 Å². The van der Waals surface area contributed by atoms with Gasteiger partial charge in [-0.25, -0.2) is 9.98 Å². The quantitative estimate of drug-likeness (QED) is 0.599. The van der Waals surface area contributed by atoms with Crippen LogP contribution in [0.1, 0.15) is 11.3 Å². The molecule has 1 aromatic heterocycles. The fraction of sp³-hybridized carbons (Fsp3) is 0.0476. The summed E-state index contributed by atoms with van der Waals surface area (Å²) in [4.78, 5) is 32.5. The lowest BCUT2D eigenvalue weighted by Crippen LogP contribution is -2.19. The molecule has 1 saturated heterocycles. The van der Waals surface area contributed by atoms with Crippen LogP contribution < -0.4 is 5.32 Å². The number of carboxylic acids is 1. The summed E-state index contributed by atoms with van der Waals surface area (Å²) in [5.41, 5.74) is 3.11. The Labute approximate surface area is 175 Å². The van der Waals surface area contributed by atoms with Crippen LogP contribution in [-0.4, -0.2) is 27.1 Å². The summed E-state index contributed by atoms with van der Waals surface area (Å²) < 4.78 is 0. The standard InChI is InChI=1S/C21H15N3O3S2/c25-18(26)10-13-6-8-15(9-7-13)23-21-24-19(27)17(29-21)11-16-12-28-20(22-16)14-4-2-1-3-5-14/h1-9,11-12H,10H2,(H,25,26)(H,23,24,27). The second kappa shape index (κ2) is 8.42. The lowest BCUT2D eigenvalue weighted by molar-refractivity contribution is -0.136. The van der Waals surface area contributed by atoms with Crippen LogP contribution in [-0.2, 0) is 16.0 Å². The van der Waals surface area contributed by atoms with Crippen molar-refractivity contribution >= 4 is 51.9 Å². The van der Waals surface area contributed by atoms with Gasteiger partial charge >= 0.3 is 5.97 Å². The molecule has 4 rings (SSSR count). The summed E-state index contributed by atoms with van der Waals surface area (Å²) in [6.07, 6.45) is 1.72. The number of amides is 1. The number of aliphatic carboxylic acids is 1. The maximum absolute atomic E-state index is 12.3. The molecule has 1 amide bonds. The summed E-state index contributed by atoms with van der Waals surface area (Å²) in [6.45, 7) is 0. The first-order valence-electron chi connectivity index (χ1n) is 8.68. The number of amidine groups is 1. The average molecular weight is 422 g/mol. The summed E-state index contributed by atoms with van der Waals surface area (Å²) >= 11 is 2.78. The molecule has 1 fully saturated rings. The third-order valence-electron chi connectivity index (χ3n) is 3.99. The molecule has 144 valence electrons. The van der Waals surface area contributed by atoms with Crippen molar-refractivity contribution in [2.75, 3.05) is 0 Å². The Balaban J connectivity index is 1.48. The largest absolute Gasteiger partial charge is 0.481 e. The monoisotopic (exact) mass is 421 g/mol. The molecule has 0 spiro atoms. The number of rotatable bonds is 5. The number of nitrogens with one attached hydrogen (secondary N) is 1. The summed E-state index contributed by atoms with van der Waals surface area (Å²) in [7, 11) is 0. The maximum atomic E-state index is 12.3. The first kappa shape index (κ1) is 19.1. The molecule has 2 aromatic carbocycles. The Bertz CT molecular complexity index is 1120. The van der Waals surface area contributed by atoms with Crippen molar-refractivity contribution in [3.63, 3.8) is 0 Å². The molecule has 8 heteroatoms. The van der Waals surface area contributed by atoms with E-state index in [1.807, 2.05) is 35.7 Å². The second-order valence-electron chi connectivity index (χ2n) is 6.16. The van der Waals surface area contributed by atoms with E-state index in [0.29, 0.717) is 21.3 Å². The molecule has 0 unspecified atom stereocenters. The zero-order valence-electron chi connectivity index (χ0n) is 15.0. The van der Waals surface area contributed by atoms with Gasteiger partial charge in [-0.2, -0.15) is 0 Å². The minimum absolute atomic E-state index is 0.0339. The highest BCUT2D eigenvalue weighted by Crippen LogP contribution is 2.30. The lowest BCUT2D eigenvalue weighted by atomic mass is 10.1. The van der Waals surface area contributed by atoms with Crippen LogP contribution in [0.4, 0.5) is 5.69 Å². The highest BCUT2D eigenvalue weighted by Gasteiger charge is 2.24. The summed E-state index contributed by atoms with van der Waals surface area (Å²) in [5.74, 6) is -1.10. The Morgan fingerprint density at radius 2 is 1.90 bits per heavy atom. The molecule has 0 atom stereocenters. The number of hydrogen-bond donors (Lipinski definition) is 2. The topological polar surface area (TPSA) is 91.6 Å². The molecule has 0 saturated carbocycles. The predicted octanol–water partition coefficient (Wildman–Crippen LogP) is 4.33. The van der Waals surface area contributed by atoms with E-state index in [1.54, 1.807) is 30.3 Å². The van der Waals surface area contributed by atoms with E-state index in [9.17, 15) is 9.59 Å². The highest BCUT2D eigenvalue weighted by atomic mass is 32.2. The van der Waals surface area contributed by atoms with Gasteiger partial charge in [0.15, 0.2) is 5.17 Å². The van der Waals surface area contributed by atoms with Crippen LogP contribution in [0.3, 0.4) is 0 Å². The van der Waals surface area contributed by atoms with Crippen molar-refractivity contribution in [1.82, 2.24) is 10.3 Å². The summed E-state index contributed by atoms with van der Waals surface area (Å²) in [5, 5.41) is 14.9. The number of hydrogen-bond acceptors (Lipinski definition) is 6. The number of carboxylic acid groups (broad SMARTS) is 1. The SMILES string of the molecule is O=C(O)Cc1ccc(N=C2NC(=O)C(=Cc3csc(-c4ccccc4)n3)S2)cc1. The maximum Gasteiger partial charge on any atom is 0.307 e. The van der Waals surface area contributed by atoms with Gasteiger partial charge in [0.2, 0.25) is 0 Å². The molecule has 6 nitrogen and oxygen atoms in total. The minimum Gasteiger partial charge on any atom is -0.481 e. The van der Waals surface area contributed by atoms with Crippen molar-refractivity contribution in [2.45, 2.75) is 6.42 Å². The van der Waals surface area contributed by atoms with E-state index in [4.69, 9.17) is 5.11 Å². The number of aliphatic imine (C=N–C) groups is 1. The Hall–Kier alpha value is -3.23. The number of carbonyl (C=O) groups is 2. The zero-order chi connectivity index (χ0) is 20.2. The molecular formula is C21H15N3O3S2. The van der Waals surface area contributed by atoms with E-state index in [0.717, 1.165) is 16.3 Å². The fourth-order valence-electron chi connectivity index (χ4n) is 2.66. The van der Waals surface area contributed by atoms with Gasteiger partial charge in [0.05, 0.1) is 22.7 Å². The van der Waals surface area contributed by atoms with Gasteiger partial charge < -0.3 is 10.4 Å². The van der Waals surface area contributed by atoms with Crippen LogP contribution in [0.2, 0.25) is 0 Å². The van der Waals surface area contributed by atoms with Crippen LogP contribution in [0.15, 0.2) is 69.9 Å². The smallest absolute Gasteiger partial charge is 0.307 e. The second-order valence-corrected chi connectivity index (χ2v) is 8.05. The minimum atomic E-state index is -0.880. The Kier molecular flexibility index (Phi) is 5.55. The molecule has 2 N–H and O–H groups in total. The Morgan fingerprint density at radius 1 is 1.14 bits per heavy atom.